The Hall–Kier alpha value is -2.43. The number of carboxylic acid groups (broad SMARTS) is 1. The lowest BCUT2D eigenvalue weighted by Crippen LogP contribution is -2.40. The lowest BCUT2D eigenvalue weighted by molar-refractivity contribution is -0.139. The van der Waals surface area contributed by atoms with E-state index in [1.807, 2.05) is 38.1 Å². The molecule has 0 aliphatic carbocycles. The van der Waals surface area contributed by atoms with Gasteiger partial charge < -0.3 is 10.4 Å². The Bertz CT molecular complexity index is 682. The minimum Gasteiger partial charge on any atom is -0.480 e. The molecule has 2 aromatic rings. The van der Waals surface area contributed by atoms with Crippen LogP contribution in [0.15, 0.2) is 30.3 Å². The Kier molecular flexibility index (Phi) is 4.52. The maximum absolute atomic E-state index is 12.4. The number of aromatic nitrogens is 1. The van der Waals surface area contributed by atoms with Gasteiger partial charge in [-0.15, -0.1) is 0 Å². The van der Waals surface area contributed by atoms with Crippen LogP contribution >= 0.6 is 0 Å². The van der Waals surface area contributed by atoms with E-state index < -0.39 is 12.0 Å². The lowest BCUT2D eigenvalue weighted by Gasteiger charge is -2.14. The van der Waals surface area contributed by atoms with E-state index in [9.17, 15) is 9.59 Å². The first-order valence-electron chi connectivity index (χ1n) is 6.93. The topological polar surface area (TPSA) is 79.3 Å². The van der Waals surface area contributed by atoms with Crippen LogP contribution in [0.4, 0.5) is 0 Å². The van der Waals surface area contributed by atoms with Crippen LogP contribution in [0.3, 0.4) is 0 Å². The molecular weight excluding hydrogens is 268 g/mol. The zero-order chi connectivity index (χ0) is 15.4. The molecule has 1 atom stereocenters. The summed E-state index contributed by atoms with van der Waals surface area (Å²) in [5.74, 6) is -1.39. The fourth-order valence-corrected chi connectivity index (χ4v) is 2.28. The number of hydrogen-bond acceptors (Lipinski definition) is 3. The summed E-state index contributed by atoms with van der Waals surface area (Å²) in [5.41, 5.74) is 1.91. The molecule has 0 saturated heterocycles. The number of carbonyl (C=O) groups is 2. The van der Waals surface area contributed by atoms with Gasteiger partial charge in [-0.05, 0) is 25.5 Å². The molecule has 5 nitrogen and oxygen atoms in total. The molecule has 2 N–H and O–H groups in total. The van der Waals surface area contributed by atoms with Crippen molar-refractivity contribution in [1.82, 2.24) is 10.3 Å². The Labute approximate surface area is 123 Å². The fourth-order valence-electron chi connectivity index (χ4n) is 2.28. The molecule has 0 aliphatic rings. The molecule has 110 valence electrons. The van der Waals surface area contributed by atoms with E-state index in [0.29, 0.717) is 18.4 Å². The average molecular weight is 286 g/mol. The molecule has 0 aliphatic heterocycles. The second-order valence-electron chi connectivity index (χ2n) is 4.98. The maximum atomic E-state index is 12.4. The second-order valence-corrected chi connectivity index (χ2v) is 4.98. The van der Waals surface area contributed by atoms with Crippen molar-refractivity contribution < 1.29 is 14.7 Å². The number of nitrogens with zero attached hydrogens (tertiary/aromatic N) is 1. The van der Waals surface area contributed by atoms with Crippen molar-refractivity contribution in [3.05, 3.63) is 41.6 Å². The van der Waals surface area contributed by atoms with Crippen LogP contribution in [0.1, 0.15) is 35.8 Å². The summed E-state index contributed by atoms with van der Waals surface area (Å²) >= 11 is 0. The highest BCUT2D eigenvalue weighted by Gasteiger charge is 2.21. The Morgan fingerprint density at radius 2 is 2.05 bits per heavy atom. The molecule has 0 unspecified atom stereocenters. The third-order valence-corrected chi connectivity index (χ3v) is 3.27. The smallest absolute Gasteiger partial charge is 0.326 e. The Morgan fingerprint density at radius 3 is 2.71 bits per heavy atom. The van der Waals surface area contributed by atoms with Gasteiger partial charge in [0.25, 0.3) is 5.91 Å². The van der Waals surface area contributed by atoms with Crippen LogP contribution in [-0.4, -0.2) is 28.0 Å². The predicted octanol–water partition coefficient (Wildman–Crippen LogP) is 2.53. The number of nitrogens with one attached hydrogen (secondary N) is 1. The van der Waals surface area contributed by atoms with Gasteiger partial charge in [-0.25, -0.2) is 4.79 Å². The predicted molar refractivity (Wildman–Crippen MR) is 80.3 cm³/mol. The minimum atomic E-state index is -1.01. The molecule has 1 heterocycles. The molecule has 0 radical (unpaired) electrons. The largest absolute Gasteiger partial charge is 0.480 e. The summed E-state index contributed by atoms with van der Waals surface area (Å²) in [4.78, 5) is 27.9. The Morgan fingerprint density at radius 1 is 1.33 bits per heavy atom. The summed E-state index contributed by atoms with van der Waals surface area (Å²) in [6.07, 6.45) is 1.09. The van der Waals surface area contributed by atoms with Gasteiger partial charge in [0.05, 0.1) is 11.1 Å². The van der Waals surface area contributed by atoms with Gasteiger partial charge in [0.2, 0.25) is 0 Å². The van der Waals surface area contributed by atoms with Crippen molar-refractivity contribution in [2.24, 2.45) is 0 Å². The average Bonchev–Trinajstić information content (AvgIpc) is 2.45. The van der Waals surface area contributed by atoms with Gasteiger partial charge in [0, 0.05) is 11.1 Å². The zero-order valence-electron chi connectivity index (χ0n) is 12.1. The first kappa shape index (κ1) is 15.0. The van der Waals surface area contributed by atoms with Gasteiger partial charge in [-0.3, -0.25) is 9.78 Å². The summed E-state index contributed by atoms with van der Waals surface area (Å²) in [5, 5.41) is 12.5. The van der Waals surface area contributed by atoms with Crippen LogP contribution in [-0.2, 0) is 4.79 Å². The molecule has 5 heteroatoms. The number of pyridine rings is 1. The van der Waals surface area contributed by atoms with Crippen molar-refractivity contribution >= 4 is 22.8 Å². The molecule has 0 bridgehead atoms. The third kappa shape index (κ3) is 3.37. The molecule has 0 spiro atoms. The highest BCUT2D eigenvalue weighted by molar-refractivity contribution is 6.07. The number of aliphatic carboxylic acids is 1. The van der Waals surface area contributed by atoms with Gasteiger partial charge in [-0.1, -0.05) is 31.5 Å². The van der Waals surface area contributed by atoms with Crippen molar-refractivity contribution in [3.8, 4) is 0 Å². The van der Waals surface area contributed by atoms with Crippen molar-refractivity contribution in [2.45, 2.75) is 32.7 Å². The number of carbonyl (C=O) groups excluding carboxylic acids is 1. The van der Waals surface area contributed by atoms with Gasteiger partial charge in [0.15, 0.2) is 0 Å². The molecule has 2 rings (SSSR count). The van der Waals surface area contributed by atoms with Gasteiger partial charge >= 0.3 is 5.97 Å². The maximum Gasteiger partial charge on any atom is 0.326 e. The first-order valence-corrected chi connectivity index (χ1v) is 6.93. The number of fused-ring (bicyclic) bond motifs is 1. The van der Waals surface area contributed by atoms with Crippen molar-refractivity contribution in [1.29, 1.82) is 0 Å². The number of rotatable bonds is 5. The minimum absolute atomic E-state index is 0.377. The third-order valence-electron chi connectivity index (χ3n) is 3.27. The van der Waals surface area contributed by atoms with Crippen LogP contribution in [0, 0.1) is 6.92 Å². The SMILES string of the molecule is CCC[C@H](NC(=O)c1cc(C)nc2ccccc12)C(=O)O. The normalized spacial score (nSPS) is 12.1. The van der Waals surface area contributed by atoms with Crippen LogP contribution < -0.4 is 5.32 Å². The second kappa shape index (κ2) is 6.35. The van der Waals surface area contributed by atoms with Crippen LogP contribution in [0.25, 0.3) is 10.9 Å². The van der Waals surface area contributed by atoms with E-state index in [2.05, 4.69) is 10.3 Å². The van der Waals surface area contributed by atoms with E-state index in [1.54, 1.807) is 6.07 Å². The summed E-state index contributed by atoms with van der Waals surface area (Å²) < 4.78 is 0. The molecule has 1 amide bonds. The standard InChI is InChI=1S/C16H18N2O3/c1-3-6-14(16(20)21)18-15(19)12-9-10(2)17-13-8-5-4-7-11(12)13/h4-5,7-9,14H,3,6H2,1-2H3,(H,18,19)(H,20,21)/t14-/m0/s1. The number of hydrogen-bond donors (Lipinski definition) is 2. The highest BCUT2D eigenvalue weighted by atomic mass is 16.4. The number of amides is 1. The van der Waals surface area contributed by atoms with E-state index in [1.165, 1.54) is 0 Å². The highest BCUT2D eigenvalue weighted by Crippen LogP contribution is 2.18. The summed E-state index contributed by atoms with van der Waals surface area (Å²) in [6, 6.07) is 8.15. The van der Waals surface area contributed by atoms with E-state index in [-0.39, 0.29) is 5.91 Å². The summed E-state index contributed by atoms with van der Waals surface area (Å²) in [7, 11) is 0. The molecule has 0 fully saturated rings. The number of carboxylic acids is 1. The van der Waals surface area contributed by atoms with E-state index >= 15 is 0 Å². The Balaban J connectivity index is 2.37. The molecule has 0 saturated carbocycles. The number of aryl methyl sites for hydroxylation is 1. The molecule has 1 aromatic carbocycles. The summed E-state index contributed by atoms with van der Waals surface area (Å²) in [6.45, 7) is 3.69. The molecular formula is C16H18N2O3. The number of benzene rings is 1. The van der Waals surface area contributed by atoms with E-state index in [0.717, 1.165) is 16.6 Å². The zero-order valence-corrected chi connectivity index (χ0v) is 12.1. The van der Waals surface area contributed by atoms with Crippen LogP contribution in [0.2, 0.25) is 0 Å². The number of para-hydroxylation sites is 1. The lowest BCUT2D eigenvalue weighted by atomic mass is 10.1. The molecule has 21 heavy (non-hydrogen) atoms. The first-order chi connectivity index (χ1) is 10.0. The van der Waals surface area contributed by atoms with Gasteiger partial charge in [-0.2, -0.15) is 0 Å². The van der Waals surface area contributed by atoms with Crippen LogP contribution in [0.5, 0.6) is 0 Å². The van der Waals surface area contributed by atoms with Crippen molar-refractivity contribution in [2.75, 3.05) is 0 Å². The quantitative estimate of drug-likeness (QED) is 0.885. The molecule has 1 aromatic heterocycles. The van der Waals surface area contributed by atoms with Crippen molar-refractivity contribution in [3.63, 3.8) is 0 Å². The monoisotopic (exact) mass is 286 g/mol. The fraction of sp³-hybridized carbons (Fsp3) is 0.312. The van der Waals surface area contributed by atoms with E-state index in [4.69, 9.17) is 5.11 Å². The van der Waals surface area contributed by atoms with Gasteiger partial charge in [0.1, 0.15) is 6.04 Å².